The van der Waals surface area contributed by atoms with Gasteiger partial charge in [0.05, 0.1) is 10.2 Å². The summed E-state index contributed by atoms with van der Waals surface area (Å²) in [5.41, 5.74) is 4.80. The van der Waals surface area contributed by atoms with E-state index in [4.69, 9.17) is 4.98 Å². The minimum atomic E-state index is 0.00822. The largest absolute Gasteiger partial charge is 0.345 e. The average molecular weight is 394 g/mol. The number of benzene rings is 2. The van der Waals surface area contributed by atoms with Crippen LogP contribution >= 0.6 is 11.3 Å². The first kappa shape index (κ1) is 18.6. The number of carbonyl (C=O) groups excluding carboxylic acids is 2. The Morgan fingerprint density at radius 3 is 2.25 bits per heavy atom. The molecule has 0 radical (unpaired) electrons. The van der Waals surface area contributed by atoms with E-state index < -0.39 is 0 Å². The fourth-order valence-corrected chi connectivity index (χ4v) is 4.82. The number of nitrogens with zero attached hydrogens (tertiary/aromatic N) is 3. The molecule has 2 aromatic carbocycles. The predicted octanol–water partition coefficient (Wildman–Crippen LogP) is 4.08. The van der Waals surface area contributed by atoms with Crippen LogP contribution in [-0.4, -0.2) is 47.8 Å². The number of piperazine rings is 1. The Labute approximate surface area is 168 Å². The number of thiazole rings is 1. The summed E-state index contributed by atoms with van der Waals surface area (Å²) in [5, 5.41) is 1.03. The maximum atomic E-state index is 12.8. The summed E-state index contributed by atoms with van der Waals surface area (Å²) in [6, 6.07) is 11.3. The summed E-state index contributed by atoms with van der Waals surface area (Å²) in [4.78, 5) is 33.1. The van der Waals surface area contributed by atoms with Crippen molar-refractivity contribution in [2.75, 3.05) is 31.1 Å². The second-order valence-electron chi connectivity index (χ2n) is 7.34. The molecule has 1 aliphatic rings. The molecule has 0 aliphatic carbocycles. The minimum absolute atomic E-state index is 0.00822. The summed E-state index contributed by atoms with van der Waals surface area (Å²) >= 11 is 1.72. The fraction of sp³-hybridized carbons (Fsp3) is 0.318. The predicted molar refractivity (Wildman–Crippen MR) is 114 cm³/mol. The Hall–Kier alpha value is -2.73. The molecular weight excluding hydrogens is 370 g/mol. The summed E-state index contributed by atoms with van der Waals surface area (Å²) in [5.74, 6) is 0.0272. The molecule has 1 amide bonds. The lowest BCUT2D eigenvalue weighted by atomic mass is 10.1. The van der Waals surface area contributed by atoms with Crippen molar-refractivity contribution >= 4 is 38.4 Å². The van der Waals surface area contributed by atoms with Crippen molar-refractivity contribution in [2.24, 2.45) is 0 Å². The highest BCUT2D eigenvalue weighted by molar-refractivity contribution is 7.22. The van der Waals surface area contributed by atoms with Gasteiger partial charge in [-0.15, -0.1) is 0 Å². The van der Waals surface area contributed by atoms with E-state index in [9.17, 15) is 9.59 Å². The normalized spacial score (nSPS) is 14.5. The molecule has 0 atom stereocenters. The highest BCUT2D eigenvalue weighted by atomic mass is 32.1. The van der Waals surface area contributed by atoms with E-state index in [1.807, 2.05) is 4.90 Å². The second kappa shape index (κ2) is 7.36. The molecule has 0 bridgehead atoms. The van der Waals surface area contributed by atoms with E-state index in [1.54, 1.807) is 35.6 Å². The van der Waals surface area contributed by atoms with Gasteiger partial charge in [-0.3, -0.25) is 9.59 Å². The van der Waals surface area contributed by atoms with Gasteiger partial charge >= 0.3 is 0 Å². The number of ketones is 1. The lowest BCUT2D eigenvalue weighted by Crippen LogP contribution is -2.48. The first-order valence-corrected chi connectivity index (χ1v) is 10.3. The first-order valence-electron chi connectivity index (χ1n) is 9.45. The zero-order valence-corrected chi connectivity index (χ0v) is 17.2. The number of fused-ring (bicyclic) bond motifs is 1. The monoisotopic (exact) mass is 393 g/mol. The summed E-state index contributed by atoms with van der Waals surface area (Å²) < 4.78 is 1.22. The van der Waals surface area contributed by atoms with Crippen molar-refractivity contribution in [3.8, 4) is 0 Å². The van der Waals surface area contributed by atoms with Gasteiger partial charge in [0, 0.05) is 37.3 Å². The number of carbonyl (C=O) groups is 2. The number of rotatable bonds is 3. The topological polar surface area (TPSA) is 53.5 Å². The molecule has 1 saturated heterocycles. The summed E-state index contributed by atoms with van der Waals surface area (Å²) in [6.45, 7) is 8.62. The van der Waals surface area contributed by atoms with Crippen molar-refractivity contribution in [1.29, 1.82) is 0 Å². The van der Waals surface area contributed by atoms with Gasteiger partial charge in [-0.1, -0.05) is 29.5 Å². The summed E-state index contributed by atoms with van der Waals surface area (Å²) in [7, 11) is 0. The molecule has 1 fully saturated rings. The van der Waals surface area contributed by atoms with Crippen LogP contribution in [0.5, 0.6) is 0 Å². The van der Waals surface area contributed by atoms with Gasteiger partial charge in [-0.25, -0.2) is 4.98 Å². The maximum absolute atomic E-state index is 12.8. The number of hydrogen-bond acceptors (Lipinski definition) is 5. The number of aryl methyl sites for hydroxylation is 2. The number of aromatic nitrogens is 1. The highest BCUT2D eigenvalue weighted by Gasteiger charge is 2.24. The fourth-order valence-electron chi connectivity index (χ4n) is 3.63. The molecule has 1 aliphatic heterocycles. The van der Waals surface area contributed by atoms with Gasteiger partial charge in [0.2, 0.25) is 0 Å². The van der Waals surface area contributed by atoms with Gasteiger partial charge in [-0.2, -0.15) is 0 Å². The molecule has 3 aromatic rings. The third-order valence-corrected chi connectivity index (χ3v) is 6.26. The van der Waals surface area contributed by atoms with Crippen molar-refractivity contribution in [1.82, 2.24) is 9.88 Å². The number of Topliss-reactive ketones (excluding diaryl/α,β-unsaturated/α-hetero) is 1. The van der Waals surface area contributed by atoms with E-state index in [2.05, 4.69) is 30.9 Å². The van der Waals surface area contributed by atoms with E-state index in [-0.39, 0.29) is 11.7 Å². The van der Waals surface area contributed by atoms with Gasteiger partial charge in [0.25, 0.3) is 5.91 Å². The molecule has 0 spiro atoms. The number of anilines is 1. The van der Waals surface area contributed by atoms with E-state index in [0.29, 0.717) is 24.2 Å². The van der Waals surface area contributed by atoms with E-state index in [1.165, 1.54) is 22.8 Å². The SMILES string of the molecule is CC(=O)c1ccc(C(=O)N2CCN(c3nc4c(C)cc(C)cc4s3)CC2)cc1. The van der Waals surface area contributed by atoms with Crippen molar-refractivity contribution in [2.45, 2.75) is 20.8 Å². The molecule has 0 N–H and O–H groups in total. The van der Waals surface area contributed by atoms with Gasteiger partial charge < -0.3 is 9.80 Å². The first-order chi connectivity index (χ1) is 13.4. The van der Waals surface area contributed by atoms with Gasteiger partial charge in [-0.05, 0) is 50.1 Å². The maximum Gasteiger partial charge on any atom is 0.253 e. The zero-order valence-electron chi connectivity index (χ0n) is 16.4. The van der Waals surface area contributed by atoms with Crippen molar-refractivity contribution < 1.29 is 9.59 Å². The molecule has 144 valence electrons. The third-order valence-electron chi connectivity index (χ3n) is 5.19. The lowest BCUT2D eigenvalue weighted by molar-refractivity contribution is 0.0746. The van der Waals surface area contributed by atoms with Crippen molar-refractivity contribution in [3.63, 3.8) is 0 Å². The molecule has 0 unspecified atom stereocenters. The molecule has 5 nitrogen and oxygen atoms in total. The zero-order chi connectivity index (χ0) is 19.8. The molecule has 6 heteroatoms. The van der Waals surface area contributed by atoms with Crippen LogP contribution < -0.4 is 4.90 Å². The van der Waals surface area contributed by atoms with Crippen LogP contribution in [0.15, 0.2) is 36.4 Å². The Balaban J connectivity index is 1.45. The summed E-state index contributed by atoms with van der Waals surface area (Å²) in [6.07, 6.45) is 0. The van der Waals surface area contributed by atoms with Crippen LogP contribution in [0.2, 0.25) is 0 Å². The third kappa shape index (κ3) is 3.52. The molecule has 28 heavy (non-hydrogen) atoms. The smallest absolute Gasteiger partial charge is 0.253 e. The molecule has 4 rings (SSSR count). The van der Waals surface area contributed by atoms with Crippen molar-refractivity contribution in [3.05, 3.63) is 58.7 Å². The highest BCUT2D eigenvalue weighted by Crippen LogP contribution is 2.32. The Kier molecular flexibility index (Phi) is 4.89. The quantitative estimate of drug-likeness (QED) is 0.629. The number of amides is 1. The van der Waals surface area contributed by atoms with Crippen LogP contribution in [0.3, 0.4) is 0 Å². The van der Waals surface area contributed by atoms with Crippen LogP contribution in [0, 0.1) is 13.8 Å². The van der Waals surface area contributed by atoms with Gasteiger partial charge in [0.1, 0.15) is 0 Å². The average Bonchev–Trinajstić information content (AvgIpc) is 3.12. The Morgan fingerprint density at radius 1 is 0.964 bits per heavy atom. The number of hydrogen-bond donors (Lipinski definition) is 0. The lowest BCUT2D eigenvalue weighted by Gasteiger charge is -2.34. The van der Waals surface area contributed by atoms with Crippen LogP contribution in [0.1, 0.15) is 38.8 Å². The molecule has 1 aromatic heterocycles. The van der Waals surface area contributed by atoms with E-state index >= 15 is 0 Å². The molecule has 2 heterocycles. The second-order valence-corrected chi connectivity index (χ2v) is 8.35. The standard InChI is InChI=1S/C22H23N3O2S/c1-14-12-15(2)20-19(13-14)28-22(23-20)25-10-8-24(9-11-25)21(27)18-6-4-17(5-7-18)16(3)26/h4-7,12-13H,8-11H2,1-3H3. The van der Waals surface area contributed by atoms with Crippen LogP contribution in [0.4, 0.5) is 5.13 Å². The van der Waals surface area contributed by atoms with Crippen LogP contribution in [0.25, 0.3) is 10.2 Å². The van der Waals surface area contributed by atoms with E-state index in [0.717, 1.165) is 23.7 Å². The van der Waals surface area contributed by atoms with Gasteiger partial charge in [0.15, 0.2) is 10.9 Å². The molecule has 0 saturated carbocycles. The Morgan fingerprint density at radius 2 is 1.61 bits per heavy atom. The molecular formula is C22H23N3O2S. The minimum Gasteiger partial charge on any atom is -0.345 e. The van der Waals surface area contributed by atoms with Crippen LogP contribution in [-0.2, 0) is 0 Å². The Bertz CT molecular complexity index is 1050.